The SMILES string of the molecule is CCOC1CC(NS(=O)(=O)c2ccc(=O)[nH]c2)C1. The van der Waals surface area contributed by atoms with E-state index in [-0.39, 0.29) is 22.6 Å². The highest BCUT2D eigenvalue weighted by Crippen LogP contribution is 2.24. The van der Waals surface area contributed by atoms with E-state index >= 15 is 0 Å². The third-order valence-corrected chi connectivity index (χ3v) is 4.40. The van der Waals surface area contributed by atoms with Crippen LogP contribution < -0.4 is 10.3 Å². The van der Waals surface area contributed by atoms with E-state index in [9.17, 15) is 13.2 Å². The molecule has 0 unspecified atom stereocenters. The first-order chi connectivity index (χ1) is 8.51. The Kier molecular flexibility index (Phi) is 3.84. The van der Waals surface area contributed by atoms with E-state index in [1.165, 1.54) is 18.3 Å². The van der Waals surface area contributed by atoms with Gasteiger partial charge < -0.3 is 9.72 Å². The molecule has 1 aliphatic carbocycles. The van der Waals surface area contributed by atoms with Gasteiger partial charge in [-0.2, -0.15) is 0 Å². The number of sulfonamides is 1. The number of ether oxygens (including phenoxy) is 1. The average molecular weight is 272 g/mol. The number of nitrogens with one attached hydrogen (secondary N) is 2. The summed E-state index contributed by atoms with van der Waals surface area (Å²) >= 11 is 0. The molecular weight excluding hydrogens is 256 g/mol. The predicted octanol–water partition coefficient (Wildman–Crippen LogP) is 0.221. The highest BCUT2D eigenvalue weighted by molar-refractivity contribution is 7.89. The zero-order valence-corrected chi connectivity index (χ0v) is 10.9. The quantitative estimate of drug-likeness (QED) is 0.802. The smallest absolute Gasteiger partial charge is 0.247 e. The molecule has 0 spiro atoms. The minimum absolute atomic E-state index is 0.0713. The summed E-state index contributed by atoms with van der Waals surface area (Å²) in [6, 6.07) is 2.40. The lowest BCUT2D eigenvalue weighted by Gasteiger charge is -2.34. The van der Waals surface area contributed by atoms with Crippen molar-refractivity contribution < 1.29 is 13.2 Å². The van der Waals surface area contributed by atoms with Crippen molar-refractivity contribution in [1.29, 1.82) is 0 Å². The summed E-state index contributed by atoms with van der Waals surface area (Å²) in [4.78, 5) is 13.3. The normalized spacial score (nSPS) is 23.6. The van der Waals surface area contributed by atoms with Crippen LogP contribution in [0.25, 0.3) is 0 Å². The summed E-state index contributed by atoms with van der Waals surface area (Å²) < 4.78 is 31.8. The Morgan fingerprint density at radius 1 is 1.44 bits per heavy atom. The monoisotopic (exact) mass is 272 g/mol. The maximum atomic E-state index is 11.9. The summed E-state index contributed by atoms with van der Waals surface area (Å²) in [5.74, 6) is 0. The van der Waals surface area contributed by atoms with Gasteiger partial charge in [0.1, 0.15) is 0 Å². The van der Waals surface area contributed by atoms with E-state index < -0.39 is 10.0 Å². The summed E-state index contributed by atoms with van der Waals surface area (Å²) in [6.45, 7) is 2.56. The largest absolute Gasteiger partial charge is 0.378 e. The van der Waals surface area contributed by atoms with E-state index in [2.05, 4.69) is 9.71 Å². The van der Waals surface area contributed by atoms with Gasteiger partial charge in [0, 0.05) is 24.9 Å². The van der Waals surface area contributed by atoms with Gasteiger partial charge in [-0.1, -0.05) is 0 Å². The molecule has 0 amide bonds. The Hall–Kier alpha value is -1.18. The lowest BCUT2D eigenvalue weighted by atomic mass is 9.90. The van der Waals surface area contributed by atoms with Crippen LogP contribution in [-0.4, -0.2) is 32.2 Å². The summed E-state index contributed by atoms with van der Waals surface area (Å²) in [6.07, 6.45) is 2.73. The van der Waals surface area contributed by atoms with Gasteiger partial charge in [-0.15, -0.1) is 0 Å². The fourth-order valence-corrected chi connectivity index (χ4v) is 3.11. The van der Waals surface area contributed by atoms with E-state index in [1.807, 2.05) is 6.92 Å². The molecule has 1 aliphatic rings. The predicted molar refractivity (Wildman–Crippen MR) is 65.8 cm³/mol. The van der Waals surface area contributed by atoms with Crippen LogP contribution in [0.2, 0.25) is 0 Å². The minimum Gasteiger partial charge on any atom is -0.378 e. The summed E-state index contributed by atoms with van der Waals surface area (Å²) in [7, 11) is -3.55. The number of aromatic nitrogens is 1. The van der Waals surface area contributed by atoms with Crippen molar-refractivity contribution in [2.75, 3.05) is 6.61 Å². The average Bonchev–Trinajstić information content (AvgIpc) is 2.27. The molecule has 0 aliphatic heterocycles. The van der Waals surface area contributed by atoms with Crippen molar-refractivity contribution in [3.05, 3.63) is 28.7 Å². The molecular formula is C11H16N2O4S. The first-order valence-electron chi connectivity index (χ1n) is 5.84. The maximum absolute atomic E-state index is 11.9. The van der Waals surface area contributed by atoms with Crippen molar-refractivity contribution >= 4 is 10.0 Å². The molecule has 0 aromatic carbocycles. The van der Waals surface area contributed by atoms with E-state index in [4.69, 9.17) is 4.74 Å². The summed E-state index contributed by atoms with van der Waals surface area (Å²) in [5, 5.41) is 0. The molecule has 0 atom stereocenters. The van der Waals surface area contributed by atoms with E-state index in [0.29, 0.717) is 19.4 Å². The van der Waals surface area contributed by atoms with Gasteiger partial charge in [0.15, 0.2) is 0 Å². The molecule has 2 N–H and O–H groups in total. The first kappa shape index (κ1) is 13.3. The van der Waals surface area contributed by atoms with Crippen LogP contribution in [0.1, 0.15) is 19.8 Å². The van der Waals surface area contributed by atoms with Gasteiger partial charge in [-0.25, -0.2) is 13.1 Å². The van der Waals surface area contributed by atoms with E-state index in [1.54, 1.807) is 0 Å². The number of hydrogen-bond donors (Lipinski definition) is 2. The van der Waals surface area contributed by atoms with Crippen LogP contribution in [-0.2, 0) is 14.8 Å². The van der Waals surface area contributed by atoms with Gasteiger partial charge in [0.2, 0.25) is 15.6 Å². The van der Waals surface area contributed by atoms with E-state index in [0.717, 1.165) is 0 Å². The molecule has 7 heteroatoms. The molecule has 0 saturated heterocycles. The van der Waals surface area contributed by atoms with Crippen LogP contribution in [0.15, 0.2) is 28.0 Å². The molecule has 100 valence electrons. The van der Waals surface area contributed by atoms with Crippen molar-refractivity contribution in [3.8, 4) is 0 Å². The summed E-state index contributed by atoms with van der Waals surface area (Å²) in [5.41, 5.74) is -0.325. The van der Waals surface area contributed by atoms with Crippen LogP contribution in [0.5, 0.6) is 0 Å². The van der Waals surface area contributed by atoms with Gasteiger partial charge in [0.25, 0.3) is 0 Å². The Balaban J connectivity index is 1.97. The number of aromatic amines is 1. The molecule has 0 radical (unpaired) electrons. The first-order valence-corrected chi connectivity index (χ1v) is 7.32. The highest BCUT2D eigenvalue weighted by Gasteiger charge is 2.33. The fraction of sp³-hybridized carbons (Fsp3) is 0.545. The Morgan fingerprint density at radius 2 is 2.17 bits per heavy atom. The van der Waals surface area contributed by atoms with Crippen molar-refractivity contribution in [2.45, 2.75) is 36.8 Å². The van der Waals surface area contributed by atoms with Crippen LogP contribution in [0.3, 0.4) is 0 Å². The lowest BCUT2D eigenvalue weighted by molar-refractivity contribution is -0.00475. The van der Waals surface area contributed by atoms with Gasteiger partial charge in [0.05, 0.1) is 11.0 Å². The number of pyridine rings is 1. The minimum atomic E-state index is -3.55. The second-order valence-corrected chi connectivity index (χ2v) is 5.97. The zero-order chi connectivity index (χ0) is 13.2. The molecule has 1 saturated carbocycles. The third kappa shape index (κ3) is 2.98. The topological polar surface area (TPSA) is 88.3 Å². The standard InChI is InChI=1S/C11H16N2O4S/c1-2-17-9-5-8(6-9)13-18(15,16)10-3-4-11(14)12-7-10/h3-4,7-9,13H,2,5-6H2,1H3,(H,12,14). The molecule has 1 aromatic heterocycles. The molecule has 1 fully saturated rings. The molecule has 2 rings (SSSR count). The Labute approximate surface area is 105 Å². The second-order valence-electron chi connectivity index (χ2n) is 4.26. The second kappa shape index (κ2) is 5.21. The number of hydrogen-bond acceptors (Lipinski definition) is 4. The van der Waals surface area contributed by atoms with Crippen molar-refractivity contribution in [2.24, 2.45) is 0 Å². The Morgan fingerprint density at radius 3 is 2.72 bits per heavy atom. The highest BCUT2D eigenvalue weighted by atomic mass is 32.2. The van der Waals surface area contributed by atoms with Gasteiger partial charge in [-0.3, -0.25) is 4.79 Å². The van der Waals surface area contributed by atoms with Gasteiger partial charge in [-0.05, 0) is 25.8 Å². The third-order valence-electron chi connectivity index (χ3n) is 2.88. The molecule has 18 heavy (non-hydrogen) atoms. The molecule has 6 nitrogen and oxygen atoms in total. The van der Waals surface area contributed by atoms with Crippen LogP contribution in [0.4, 0.5) is 0 Å². The fourth-order valence-electron chi connectivity index (χ4n) is 1.88. The van der Waals surface area contributed by atoms with Crippen LogP contribution >= 0.6 is 0 Å². The molecule has 0 bridgehead atoms. The number of H-pyrrole nitrogens is 1. The van der Waals surface area contributed by atoms with Crippen molar-refractivity contribution in [3.63, 3.8) is 0 Å². The lowest BCUT2D eigenvalue weighted by Crippen LogP contribution is -2.47. The maximum Gasteiger partial charge on any atom is 0.247 e. The van der Waals surface area contributed by atoms with Crippen LogP contribution in [0, 0.1) is 0 Å². The van der Waals surface area contributed by atoms with Gasteiger partial charge >= 0.3 is 0 Å². The molecule has 1 aromatic rings. The number of rotatable bonds is 5. The Bertz CT molecular complexity index is 540. The zero-order valence-electron chi connectivity index (χ0n) is 10.0. The molecule has 1 heterocycles. The van der Waals surface area contributed by atoms with Crippen molar-refractivity contribution in [1.82, 2.24) is 9.71 Å².